The Bertz CT molecular complexity index is 1170. The first-order valence-corrected chi connectivity index (χ1v) is 9.69. The first-order chi connectivity index (χ1) is 14.7. The van der Waals surface area contributed by atoms with E-state index < -0.39 is 0 Å². The topological polar surface area (TPSA) is 64.9 Å². The van der Waals surface area contributed by atoms with Crippen molar-refractivity contribution in [2.75, 3.05) is 19.0 Å². The summed E-state index contributed by atoms with van der Waals surface area (Å²) in [6.45, 7) is 2.33. The summed E-state index contributed by atoms with van der Waals surface area (Å²) in [5.41, 5.74) is 4.31. The van der Waals surface area contributed by atoms with Crippen molar-refractivity contribution < 1.29 is 14.3 Å². The fraction of sp³-hybridized carbons (Fsp3) is 0.167. The number of pyridine rings is 1. The highest BCUT2D eigenvalue weighted by molar-refractivity contribution is 5.96. The molecule has 1 N–H and O–H groups in total. The zero-order chi connectivity index (χ0) is 20.9. The number of aromatic nitrogens is 2. The van der Waals surface area contributed by atoms with E-state index >= 15 is 0 Å². The van der Waals surface area contributed by atoms with Crippen molar-refractivity contribution >= 4 is 17.4 Å². The van der Waals surface area contributed by atoms with Crippen molar-refractivity contribution in [3.05, 3.63) is 84.1 Å². The highest BCUT2D eigenvalue weighted by Gasteiger charge is 2.19. The number of carbonyl (C=O) groups is 1. The molecule has 2 aromatic carbocycles. The molecular weight excluding hydrogens is 378 g/mol. The molecule has 2 heterocycles. The summed E-state index contributed by atoms with van der Waals surface area (Å²) >= 11 is 0. The van der Waals surface area contributed by atoms with E-state index in [1.54, 1.807) is 7.11 Å². The van der Waals surface area contributed by atoms with Crippen molar-refractivity contribution in [3.63, 3.8) is 0 Å². The number of anilines is 1. The molecule has 0 saturated heterocycles. The second kappa shape index (κ2) is 8.80. The maximum Gasteiger partial charge on any atom is 0.251 e. The lowest BCUT2D eigenvalue weighted by Crippen LogP contribution is -2.19. The van der Waals surface area contributed by atoms with E-state index in [2.05, 4.69) is 5.32 Å². The lowest BCUT2D eigenvalue weighted by Gasteiger charge is -2.11. The Morgan fingerprint density at radius 2 is 1.83 bits per heavy atom. The van der Waals surface area contributed by atoms with Gasteiger partial charge in [-0.3, -0.25) is 9.20 Å². The van der Waals surface area contributed by atoms with Crippen molar-refractivity contribution in [3.8, 4) is 17.0 Å². The number of imidazole rings is 1. The van der Waals surface area contributed by atoms with Crippen LogP contribution in [0.3, 0.4) is 0 Å². The molecule has 4 rings (SSSR count). The predicted octanol–water partition coefficient (Wildman–Crippen LogP) is 4.47. The van der Waals surface area contributed by atoms with Gasteiger partial charge in [0.05, 0.1) is 13.7 Å². The molecule has 152 valence electrons. The van der Waals surface area contributed by atoms with E-state index in [0.717, 1.165) is 22.3 Å². The Balaban J connectivity index is 1.61. The van der Waals surface area contributed by atoms with Crippen LogP contribution in [0.2, 0.25) is 0 Å². The largest absolute Gasteiger partial charge is 0.496 e. The van der Waals surface area contributed by atoms with Gasteiger partial charge in [0.25, 0.3) is 5.91 Å². The highest BCUT2D eigenvalue weighted by atomic mass is 16.5. The molecule has 0 unspecified atom stereocenters. The summed E-state index contributed by atoms with van der Waals surface area (Å²) in [5, 5.41) is 2.97. The summed E-state index contributed by atoms with van der Waals surface area (Å²) < 4.78 is 13.0. The fourth-order valence-corrected chi connectivity index (χ4v) is 3.30. The molecule has 0 fully saturated rings. The number of rotatable bonds is 7. The SMILES string of the molecule is COc1ccccc1-c1nc2cc(C)ccn2c1NC(=O)COCc1ccccc1. The van der Waals surface area contributed by atoms with E-state index in [0.29, 0.717) is 23.9 Å². The van der Waals surface area contributed by atoms with Gasteiger partial charge < -0.3 is 14.8 Å². The van der Waals surface area contributed by atoms with Gasteiger partial charge in [-0.25, -0.2) is 4.98 Å². The Morgan fingerprint density at radius 3 is 2.63 bits per heavy atom. The summed E-state index contributed by atoms with van der Waals surface area (Å²) in [5.74, 6) is 1.03. The Labute approximate surface area is 175 Å². The lowest BCUT2D eigenvalue weighted by atomic mass is 10.1. The van der Waals surface area contributed by atoms with Crippen molar-refractivity contribution in [2.45, 2.75) is 13.5 Å². The smallest absolute Gasteiger partial charge is 0.251 e. The van der Waals surface area contributed by atoms with Crippen LogP contribution in [-0.2, 0) is 16.1 Å². The van der Waals surface area contributed by atoms with E-state index in [1.807, 2.05) is 84.3 Å². The normalized spacial score (nSPS) is 10.9. The molecule has 0 atom stereocenters. The molecular formula is C24H23N3O3. The molecule has 1 amide bonds. The second-order valence-corrected chi connectivity index (χ2v) is 6.97. The summed E-state index contributed by atoms with van der Waals surface area (Å²) in [6.07, 6.45) is 1.90. The number of amides is 1. The number of hydrogen-bond donors (Lipinski definition) is 1. The monoisotopic (exact) mass is 401 g/mol. The molecule has 0 aliphatic rings. The van der Waals surface area contributed by atoms with Crippen molar-refractivity contribution in [2.24, 2.45) is 0 Å². The number of ether oxygens (including phenoxy) is 2. The maximum absolute atomic E-state index is 12.6. The maximum atomic E-state index is 12.6. The lowest BCUT2D eigenvalue weighted by molar-refractivity contribution is -0.121. The highest BCUT2D eigenvalue weighted by Crippen LogP contribution is 2.35. The van der Waals surface area contributed by atoms with Crippen LogP contribution in [0.1, 0.15) is 11.1 Å². The van der Waals surface area contributed by atoms with Gasteiger partial charge in [-0.15, -0.1) is 0 Å². The molecule has 0 radical (unpaired) electrons. The molecule has 0 aliphatic heterocycles. The molecule has 6 nitrogen and oxygen atoms in total. The van der Waals surface area contributed by atoms with Gasteiger partial charge in [0, 0.05) is 11.8 Å². The summed E-state index contributed by atoms with van der Waals surface area (Å²) in [6, 6.07) is 21.3. The number of nitrogens with zero attached hydrogens (tertiary/aromatic N) is 2. The number of aryl methyl sites for hydroxylation is 1. The number of hydrogen-bond acceptors (Lipinski definition) is 4. The molecule has 6 heteroatoms. The van der Waals surface area contributed by atoms with Gasteiger partial charge in [0.15, 0.2) is 0 Å². The van der Waals surface area contributed by atoms with Gasteiger partial charge in [-0.05, 0) is 42.3 Å². The van der Waals surface area contributed by atoms with E-state index in [9.17, 15) is 4.79 Å². The third kappa shape index (κ3) is 4.18. The third-order valence-electron chi connectivity index (χ3n) is 4.75. The second-order valence-electron chi connectivity index (χ2n) is 6.97. The van der Waals surface area contributed by atoms with Crippen LogP contribution in [0, 0.1) is 6.92 Å². The number of benzene rings is 2. The van der Waals surface area contributed by atoms with E-state index in [1.165, 1.54) is 0 Å². The molecule has 2 aromatic heterocycles. The number of nitrogens with one attached hydrogen (secondary N) is 1. The Kier molecular flexibility index (Phi) is 5.77. The van der Waals surface area contributed by atoms with Gasteiger partial charge >= 0.3 is 0 Å². The minimum absolute atomic E-state index is 0.0562. The predicted molar refractivity (Wildman–Crippen MR) is 117 cm³/mol. The fourth-order valence-electron chi connectivity index (χ4n) is 3.30. The molecule has 0 spiro atoms. The Hall–Kier alpha value is -3.64. The number of para-hydroxylation sites is 1. The standard InChI is InChI=1S/C24H23N3O3/c1-17-12-13-27-21(14-17)25-23(19-10-6-7-11-20(19)29-2)24(27)26-22(28)16-30-15-18-8-4-3-5-9-18/h3-14H,15-16H2,1-2H3,(H,26,28). The van der Waals surface area contributed by atoms with Crippen LogP contribution in [0.25, 0.3) is 16.9 Å². The third-order valence-corrected chi connectivity index (χ3v) is 4.75. The van der Waals surface area contributed by atoms with Crippen LogP contribution < -0.4 is 10.1 Å². The summed E-state index contributed by atoms with van der Waals surface area (Å²) in [7, 11) is 1.62. The molecule has 0 saturated carbocycles. The van der Waals surface area contributed by atoms with Crippen LogP contribution >= 0.6 is 0 Å². The first kappa shape index (κ1) is 19.7. The summed E-state index contributed by atoms with van der Waals surface area (Å²) in [4.78, 5) is 17.4. The van der Waals surface area contributed by atoms with Gasteiger partial charge in [0.2, 0.25) is 0 Å². The average Bonchev–Trinajstić information content (AvgIpc) is 3.11. The van der Waals surface area contributed by atoms with Crippen LogP contribution in [0.4, 0.5) is 5.82 Å². The molecule has 30 heavy (non-hydrogen) atoms. The van der Waals surface area contributed by atoms with Crippen LogP contribution in [0.5, 0.6) is 5.75 Å². The van der Waals surface area contributed by atoms with E-state index in [-0.39, 0.29) is 12.5 Å². The Morgan fingerprint density at radius 1 is 1.07 bits per heavy atom. The van der Waals surface area contributed by atoms with E-state index in [4.69, 9.17) is 14.5 Å². The quantitative estimate of drug-likeness (QED) is 0.496. The van der Waals surface area contributed by atoms with Crippen LogP contribution in [-0.4, -0.2) is 29.0 Å². The zero-order valence-corrected chi connectivity index (χ0v) is 17.0. The molecule has 0 bridgehead atoms. The number of fused-ring (bicyclic) bond motifs is 1. The minimum atomic E-state index is -0.246. The number of methoxy groups -OCH3 is 1. The number of carbonyl (C=O) groups excluding carboxylic acids is 1. The molecule has 4 aromatic rings. The van der Waals surface area contributed by atoms with Crippen molar-refractivity contribution in [1.29, 1.82) is 0 Å². The van der Waals surface area contributed by atoms with Gasteiger partial charge in [-0.2, -0.15) is 0 Å². The zero-order valence-electron chi connectivity index (χ0n) is 17.0. The minimum Gasteiger partial charge on any atom is -0.496 e. The van der Waals surface area contributed by atoms with Crippen molar-refractivity contribution in [1.82, 2.24) is 9.38 Å². The van der Waals surface area contributed by atoms with Gasteiger partial charge in [-0.1, -0.05) is 42.5 Å². The van der Waals surface area contributed by atoms with Crippen LogP contribution in [0.15, 0.2) is 72.9 Å². The average molecular weight is 401 g/mol. The first-order valence-electron chi connectivity index (χ1n) is 9.69. The molecule has 0 aliphatic carbocycles. The van der Waals surface area contributed by atoms with Gasteiger partial charge in [0.1, 0.15) is 29.5 Å².